The second-order valence-corrected chi connectivity index (χ2v) is 3.91. The Kier molecular flexibility index (Phi) is 3.57. The summed E-state index contributed by atoms with van der Waals surface area (Å²) in [4.78, 5) is 11.6. The van der Waals surface area contributed by atoms with Gasteiger partial charge in [-0.25, -0.2) is 4.39 Å². The maximum Gasteiger partial charge on any atom is 0.248 e. The first kappa shape index (κ1) is 12.1. The molecule has 4 heteroatoms. The number of benzene rings is 1. The van der Waals surface area contributed by atoms with Crippen LogP contribution in [0.2, 0.25) is 0 Å². The van der Waals surface area contributed by atoms with E-state index in [-0.39, 0.29) is 11.6 Å². The van der Waals surface area contributed by atoms with Gasteiger partial charge in [0.1, 0.15) is 5.82 Å². The van der Waals surface area contributed by atoms with Crippen LogP contribution in [0.5, 0.6) is 0 Å². The van der Waals surface area contributed by atoms with Crippen LogP contribution < -0.4 is 5.32 Å². The van der Waals surface area contributed by atoms with Crippen LogP contribution in [0.1, 0.15) is 5.56 Å². The topological polar surface area (TPSA) is 34.0 Å². The van der Waals surface area contributed by atoms with Gasteiger partial charge in [0.15, 0.2) is 0 Å². The molecule has 2 rings (SSSR count). The van der Waals surface area contributed by atoms with E-state index in [0.717, 1.165) is 5.56 Å². The van der Waals surface area contributed by atoms with Crippen LogP contribution in [0.3, 0.4) is 0 Å². The SMILES string of the molecule is Cn1ccc(/C=C/C(=O)Nc2ccccc2F)c1. The van der Waals surface area contributed by atoms with Crippen molar-refractivity contribution in [2.75, 3.05) is 5.32 Å². The molecule has 2 aromatic rings. The van der Waals surface area contributed by atoms with Gasteiger partial charge in [0.2, 0.25) is 5.91 Å². The lowest BCUT2D eigenvalue weighted by Gasteiger charge is -2.02. The molecule has 1 N–H and O–H groups in total. The van der Waals surface area contributed by atoms with Crippen molar-refractivity contribution in [3.8, 4) is 0 Å². The van der Waals surface area contributed by atoms with E-state index in [1.165, 1.54) is 18.2 Å². The van der Waals surface area contributed by atoms with Gasteiger partial charge >= 0.3 is 0 Å². The highest BCUT2D eigenvalue weighted by atomic mass is 19.1. The predicted molar refractivity (Wildman–Crippen MR) is 69.5 cm³/mol. The number of anilines is 1. The highest BCUT2D eigenvalue weighted by molar-refractivity contribution is 6.01. The molecular weight excluding hydrogens is 231 g/mol. The number of nitrogens with one attached hydrogen (secondary N) is 1. The molecule has 0 fully saturated rings. The van der Waals surface area contributed by atoms with E-state index >= 15 is 0 Å². The van der Waals surface area contributed by atoms with Crippen LogP contribution in [0, 0.1) is 5.82 Å². The van der Waals surface area contributed by atoms with Gasteiger partial charge in [-0.1, -0.05) is 12.1 Å². The first-order chi connectivity index (χ1) is 8.65. The summed E-state index contributed by atoms with van der Waals surface area (Å²) in [5.74, 6) is -0.803. The molecular formula is C14H13FN2O. The number of amides is 1. The number of aromatic nitrogens is 1. The fraction of sp³-hybridized carbons (Fsp3) is 0.0714. The molecule has 0 unspecified atom stereocenters. The number of nitrogens with zero attached hydrogens (tertiary/aromatic N) is 1. The number of carbonyl (C=O) groups is 1. The molecule has 1 aromatic heterocycles. The first-order valence-electron chi connectivity index (χ1n) is 5.51. The number of aryl methyl sites for hydroxylation is 1. The van der Waals surface area contributed by atoms with Gasteiger partial charge in [0.25, 0.3) is 0 Å². The summed E-state index contributed by atoms with van der Waals surface area (Å²) in [5, 5.41) is 2.48. The van der Waals surface area contributed by atoms with Gasteiger partial charge in [-0.3, -0.25) is 4.79 Å². The summed E-state index contributed by atoms with van der Waals surface area (Å²) >= 11 is 0. The van der Waals surface area contributed by atoms with Crippen molar-refractivity contribution in [3.05, 3.63) is 60.2 Å². The molecule has 18 heavy (non-hydrogen) atoms. The average molecular weight is 244 g/mol. The van der Waals surface area contributed by atoms with Crippen LogP contribution >= 0.6 is 0 Å². The summed E-state index contributed by atoms with van der Waals surface area (Å²) in [6, 6.07) is 7.94. The molecule has 1 amide bonds. The molecule has 0 spiro atoms. The highest BCUT2D eigenvalue weighted by Gasteiger charge is 2.02. The molecule has 0 bridgehead atoms. The Hall–Kier alpha value is -2.36. The Morgan fingerprint density at radius 1 is 1.33 bits per heavy atom. The highest BCUT2D eigenvalue weighted by Crippen LogP contribution is 2.12. The molecule has 0 saturated carbocycles. The van der Waals surface area contributed by atoms with Crippen LogP contribution in [0.4, 0.5) is 10.1 Å². The fourth-order valence-corrected chi connectivity index (χ4v) is 1.53. The number of carbonyl (C=O) groups excluding carboxylic acids is 1. The summed E-state index contributed by atoms with van der Waals surface area (Å²) in [6.45, 7) is 0. The number of rotatable bonds is 3. The first-order valence-corrected chi connectivity index (χ1v) is 5.51. The minimum atomic E-state index is -0.445. The van der Waals surface area contributed by atoms with Crippen LogP contribution in [-0.4, -0.2) is 10.5 Å². The van der Waals surface area contributed by atoms with E-state index in [1.54, 1.807) is 18.2 Å². The van der Waals surface area contributed by atoms with Gasteiger partial charge in [-0.2, -0.15) is 0 Å². The third-order valence-electron chi connectivity index (χ3n) is 2.41. The normalized spacial score (nSPS) is 10.8. The van der Waals surface area contributed by atoms with Crippen molar-refractivity contribution < 1.29 is 9.18 Å². The van der Waals surface area contributed by atoms with E-state index in [4.69, 9.17) is 0 Å². The van der Waals surface area contributed by atoms with Gasteiger partial charge in [0.05, 0.1) is 5.69 Å². The van der Waals surface area contributed by atoms with E-state index in [0.29, 0.717) is 0 Å². The molecule has 0 aliphatic carbocycles. The van der Waals surface area contributed by atoms with Gasteiger partial charge in [-0.15, -0.1) is 0 Å². The minimum absolute atomic E-state index is 0.181. The van der Waals surface area contributed by atoms with Crippen LogP contribution in [0.15, 0.2) is 48.8 Å². The Labute approximate surface area is 105 Å². The van der Waals surface area contributed by atoms with Crippen molar-refractivity contribution in [2.45, 2.75) is 0 Å². The fourth-order valence-electron chi connectivity index (χ4n) is 1.53. The molecule has 0 aliphatic rings. The lowest BCUT2D eigenvalue weighted by atomic mass is 10.3. The Bertz CT molecular complexity index is 587. The summed E-state index contributed by atoms with van der Waals surface area (Å²) in [6.07, 6.45) is 6.82. The molecule has 1 heterocycles. The maximum atomic E-state index is 13.3. The van der Waals surface area contributed by atoms with Crippen molar-refractivity contribution in [3.63, 3.8) is 0 Å². The van der Waals surface area contributed by atoms with Crippen LogP contribution in [-0.2, 0) is 11.8 Å². The molecule has 1 aromatic carbocycles. The number of para-hydroxylation sites is 1. The smallest absolute Gasteiger partial charge is 0.248 e. The Balaban J connectivity index is 2.01. The van der Waals surface area contributed by atoms with Gasteiger partial charge < -0.3 is 9.88 Å². The minimum Gasteiger partial charge on any atom is -0.357 e. The predicted octanol–water partition coefficient (Wildman–Crippen LogP) is 2.82. The third-order valence-corrected chi connectivity index (χ3v) is 2.41. The Morgan fingerprint density at radius 3 is 2.78 bits per heavy atom. The zero-order chi connectivity index (χ0) is 13.0. The van der Waals surface area contributed by atoms with E-state index in [1.807, 2.05) is 30.1 Å². The summed E-state index contributed by atoms with van der Waals surface area (Å²) in [7, 11) is 1.90. The van der Waals surface area contributed by atoms with E-state index in [2.05, 4.69) is 5.32 Å². The Morgan fingerprint density at radius 2 is 2.11 bits per heavy atom. The molecule has 3 nitrogen and oxygen atoms in total. The maximum absolute atomic E-state index is 13.3. The molecule has 0 atom stereocenters. The number of halogens is 1. The number of hydrogen-bond acceptors (Lipinski definition) is 1. The third kappa shape index (κ3) is 3.07. The quantitative estimate of drug-likeness (QED) is 0.828. The second-order valence-electron chi connectivity index (χ2n) is 3.91. The van der Waals surface area contributed by atoms with Crippen LogP contribution in [0.25, 0.3) is 6.08 Å². The van der Waals surface area contributed by atoms with Gasteiger partial charge in [0, 0.05) is 25.5 Å². The van der Waals surface area contributed by atoms with Crippen molar-refractivity contribution in [2.24, 2.45) is 7.05 Å². The van der Waals surface area contributed by atoms with E-state index < -0.39 is 5.82 Å². The molecule has 0 radical (unpaired) electrons. The average Bonchev–Trinajstić information content (AvgIpc) is 2.76. The molecule has 92 valence electrons. The van der Waals surface area contributed by atoms with E-state index in [9.17, 15) is 9.18 Å². The zero-order valence-corrected chi connectivity index (χ0v) is 9.93. The summed E-state index contributed by atoms with van der Waals surface area (Å²) in [5.41, 5.74) is 1.10. The lowest BCUT2D eigenvalue weighted by Crippen LogP contribution is -2.08. The second kappa shape index (κ2) is 5.31. The number of hydrogen-bond donors (Lipinski definition) is 1. The zero-order valence-electron chi connectivity index (χ0n) is 9.93. The van der Waals surface area contributed by atoms with Crippen molar-refractivity contribution >= 4 is 17.7 Å². The standard InChI is InChI=1S/C14H13FN2O/c1-17-9-8-11(10-17)6-7-14(18)16-13-5-3-2-4-12(13)15/h2-10H,1H3,(H,16,18)/b7-6+. The van der Waals surface area contributed by atoms with Gasteiger partial charge in [-0.05, 0) is 29.8 Å². The largest absolute Gasteiger partial charge is 0.357 e. The monoisotopic (exact) mass is 244 g/mol. The lowest BCUT2D eigenvalue weighted by molar-refractivity contribution is -0.111. The molecule has 0 saturated heterocycles. The van der Waals surface area contributed by atoms with Crippen molar-refractivity contribution in [1.82, 2.24) is 4.57 Å². The summed E-state index contributed by atoms with van der Waals surface area (Å²) < 4.78 is 15.2. The van der Waals surface area contributed by atoms with Crippen molar-refractivity contribution in [1.29, 1.82) is 0 Å². The molecule has 0 aliphatic heterocycles.